The summed E-state index contributed by atoms with van der Waals surface area (Å²) >= 11 is 1.01. The van der Waals surface area contributed by atoms with Crippen LogP contribution in [-0.2, 0) is 9.59 Å². The molecule has 0 atom stereocenters. The van der Waals surface area contributed by atoms with Crippen LogP contribution in [-0.4, -0.2) is 65.8 Å². The van der Waals surface area contributed by atoms with Gasteiger partial charge in [-0.25, -0.2) is 0 Å². The van der Waals surface area contributed by atoms with Crippen molar-refractivity contribution in [1.29, 1.82) is 0 Å². The van der Waals surface area contributed by atoms with Crippen molar-refractivity contribution in [1.82, 2.24) is 15.1 Å². The van der Waals surface area contributed by atoms with Crippen LogP contribution in [0.15, 0.2) is 0 Å². The van der Waals surface area contributed by atoms with Crippen molar-refractivity contribution >= 4 is 28.8 Å². The molecule has 0 bridgehead atoms. The summed E-state index contributed by atoms with van der Waals surface area (Å²) < 4.78 is 0. The van der Waals surface area contributed by atoms with Gasteiger partial charge in [-0.05, 0) is 20.0 Å². The number of hydrogen-bond donors (Lipinski definition) is 1. The van der Waals surface area contributed by atoms with E-state index >= 15 is 0 Å². The Hall–Kier alpha value is -1.08. The summed E-state index contributed by atoms with van der Waals surface area (Å²) in [6, 6.07) is 0. The predicted molar refractivity (Wildman–Crippen MR) is 79.6 cm³/mol. The van der Waals surface area contributed by atoms with Gasteiger partial charge in [0.05, 0.1) is 5.75 Å². The summed E-state index contributed by atoms with van der Waals surface area (Å²) in [6.45, 7) is 4.46. The Morgan fingerprint density at radius 3 is 2.75 bits per heavy atom. The van der Waals surface area contributed by atoms with Crippen LogP contribution in [0.1, 0.15) is 26.2 Å². The molecule has 0 aliphatic carbocycles. The normalized spacial score (nSPS) is 15.2. The summed E-state index contributed by atoms with van der Waals surface area (Å²) in [4.78, 5) is 37.6. The summed E-state index contributed by atoms with van der Waals surface area (Å²) in [5.41, 5.74) is 0. The van der Waals surface area contributed by atoms with E-state index in [0.29, 0.717) is 13.0 Å². The maximum Gasteiger partial charge on any atom is 0.288 e. The molecule has 0 aromatic carbocycles. The summed E-state index contributed by atoms with van der Waals surface area (Å²) in [7, 11) is 2.00. The first kappa shape index (κ1) is 17.0. The highest BCUT2D eigenvalue weighted by molar-refractivity contribution is 8.14. The number of amides is 3. The Morgan fingerprint density at radius 2 is 2.15 bits per heavy atom. The number of imide groups is 1. The van der Waals surface area contributed by atoms with Gasteiger partial charge in [0.1, 0.15) is 0 Å². The highest BCUT2D eigenvalue weighted by Crippen LogP contribution is 2.17. The van der Waals surface area contributed by atoms with Crippen LogP contribution in [0.5, 0.6) is 0 Å². The SMILES string of the molecule is CCCCN(C)CCC(=O)NCCN1C(=O)CSC1=O. The van der Waals surface area contributed by atoms with E-state index < -0.39 is 0 Å². The highest BCUT2D eigenvalue weighted by Gasteiger charge is 2.29. The first-order valence-corrected chi connectivity index (χ1v) is 7.95. The predicted octanol–water partition coefficient (Wildman–Crippen LogP) is 0.920. The zero-order valence-corrected chi connectivity index (χ0v) is 13.0. The Balaban J connectivity index is 2.11. The lowest BCUT2D eigenvalue weighted by Gasteiger charge is -2.16. The number of nitrogens with zero attached hydrogens (tertiary/aromatic N) is 2. The molecule has 1 aliphatic heterocycles. The third kappa shape index (κ3) is 5.92. The second-order valence-corrected chi connectivity index (χ2v) is 5.78. The van der Waals surface area contributed by atoms with Crippen molar-refractivity contribution < 1.29 is 14.4 Å². The maximum atomic E-state index is 11.6. The van der Waals surface area contributed by atoms with Crippen LogP contribution >= 0.6 is 11.8 Å². The van der Waals surface area contributed by atoms with Crippen molar-refractivity contribution in [2.45, 2.75) is 26.2 Å². The third-order valence-corrected chi connectivity index (χ3v) is 3.97. The van der Waals surface area contributed by atoms with E-state index in [2.05, 4.69) is 17.1 Å². The molecule has 6 nitrogen and oxygen atoms in total. The van der Waals surface area contributed by atoms with Crippen LogP contribution in [0.3, 0.4) is 0 Å². The number of nitrogens with one attached hydrogen (secondary N) is 1. The van der Waals surface area contributed by atoms with E-state index in [1.54, 1.807) is 0 Å². The van der Waals surface area contributed by atoms with Gasteiger partial charge in [0, 0.05) is 26.1 Å². The van der Waals surface area contributed by atoms with Gasteiger partial charge in [-0.15, -0.1) is 0 Å². The molecule has 1 saturated heterocycles. The molecule has 0 saturated carbocycles. The highest BCUT2D eigenvalue weighted by atomic mass is 32.2. The minimum atomic E-state index is -0.219. The minimum Gasteiger partial charge on any atom is -0.354 e. The Morgan fingerprint density at radius 1 is 1.40 bits per heavy atom. The number of rotatable bonds is 9. The van der Waals surface area contributed by atoms with Gasteiger partial charge in [-0.2, -0.15) is 0 Å². The zero-order chi connectivity index (χ0) is 15.0. The van der Waals surface area contributed by atoms with E-state index in [-0.39, 0.29) is 29.4 Å². The fraction of sp³-hybridized carbons (Fsp3) is 0.769. The van der Waals surface area contributed by atoms with Crippen molar-refractivity contribution in [3.63, 3.8) is 0 Å². The molecular weight excluding hydrogens is 278 g/mol. The van der Waals surface area contributed by atoms with Crippen LogP contribution in [0, 0.1) is 0 Å². The monoisotopic (exact) mass is 301 g/mol. The lowest BCUT2D eigenvalue weighted by molar-refractivity contribution is -0.125. The topological polar surface area (TPSA) is 69.7 Å². The Bertz CT molecular complexity index is 347. The quantitative estimate of drug-likeness (QED) is 0.686. The van der Waals surface area contributed by atoms with Gasteiger partial charge in [-0.3, -0.25) is 19.3 Å². The van der Waals surface area contributed by atoms with Gasteiger partial charge in [-0.1, -0.05) is 25.1 Å². The number of carbonyl (C=O) groups is 3. The van der Waals surface area contributed by atoms with Crippen LogP contribution in [0.25, 0.3) is 0 Å². The zero-order valence-electron chi connectivity index (χ0n) is 12.2. The van der Waals surface area contributed by atoms with Crippen LogP contribution < -0.4 is 5.32 Å². The molecule has 114 valence electrons. The average molecular weight is 301 g/mol. The largest absolute Gasteiger partial charge is 0.354 e. The van der Waals surface area contributed by atoms with Gasteiger partial charge in [0.15, 0.2) is 0 Å². The third-order valence-electron chi connectivity index (χ3n) is 3.11. The molecule has 7 heteroatoms. The lowest BCUT2D eigenvalue weighted by atomic mass is 10.3. The molecule has 1 N–H and O–H groups in total. The molecule has 1 heterocycles. The Kier molecular flexibility index (Phi) is 7.61. The fourth-order valence-corrected chi connectivity index (χ4v) is 2.58. The number of thioether (sulfide) groups is 1. The van der Waals surface area contributed by atoms with Crippen LogP contribution in [0.4, 0.5) is 4.79 Å². The number of unbranched alkanes of at least 4 members (excludes halogenated alkanes) is 1. The maximum absolute atomic E-state index is 11.6. The van der Waals surface area contributed by atoms with Gasteiger partial charge < -0.3 is 10.2 Å². The van der Waals surface area contributed by atoms with Crippen LogP contribution in [0.2, 0.25) is 0 Å². The second-order valence-electron chi connectivity index (χ2n) is 4.86. The summed E-state index contributed by atoms with van der Waals surface area (Å²) in [5.74, 6) is 0.00305. The van der Waals surface area contributed by atoms with E-state index in [1.807, 2.05) is 7.05 Å². The fourth-order valence-electron chi connectivity index (χ4n) is 1.82. The first-order valence-electron chi connectivity index (χ1n) is 6.97. The van der Waals surface area contributed by atoms with E-state index in [0.717, 1.165) is 37.7 Å². The van der Waals surface area contributed by atoms with Crippen molar-refractivity contribution in [2.24, 2.45) is 0 Å². The summed E-state index contributed by atoms with van der Waals surface area (Å²) in [6.07, 6.45) is 2.72. The molecule has 0 spiro atoms. The number of carbonyl (C=O) groups excluding carboxylic acids is 3. The van der Waals surface area contributed by atoms with Crippen molar-refractivity contribution in [2.75, 3.05) is 39.0 Å². The molecule has 0 radical (unpaired) electrons. The molecule has 1 aliphatic rings. The van der Waals surface area contributed by atoms with E-state index in [4.69, 9.17) is 0 Å². The smallest absolute Gasteiger partial charge is 0.288 e. The molecule has 1 fully saturated rings. The molecule has 0 unspecified atom stereocenters. The molecule has 1 rings (SSSR count). The van der Waals surface area contributed by atoms with E-state index in [9.17, 15) is 14.4 Å². The first-order chi connectivity index (χ1) is 9.54. The minimum absolute atomic E-state index is 0.0416. The molecule has 3 amide bonds. The molecular formula is C13H23N3O3S. The molecule has 0 aromatic rings. The standard InChI is InChI=1S/C13H23N3O3S/c1-3-4-7-15(2)8-5-11(17)14-6-9-16-12(18)10-20-13(16)19/h3-10H2,1-2H3,(H,14,17). The summed E-state index contributed by atoms with van der Waals surface area (Å²) in [5, 5.41) is 2.52. The average Bonchev–Trinajstić information content (AvgIpc) is 2.74. The van der Waals surface area contributed by atoms with Gasteiger partial charge in [0.25, 0.3) is 5.24 Å². The number of hydrogen-bond acceptors (Lipinski definition) is 5. The Labute approximate surface area is 124 Å². The second kappa shape index (κ2) is 8.97. The molecule has 20 heavy (non-hydrogen) atoms. The van der Waals surface area contributed by atoms with E-state index in [1.165, 1.54) is 4.90 Å². The lowest BCUT2D eigenvalue weighted by Crippen LogP contribution is -2.38. The van der Waals surface area contributed by atoms with Crippen molar-refractivity contribution in [3.05, 3.63) is 0 Å². The van der Waals surface area contributed by atoms with Gasteiger partial charge >= 0.3 is 0 Å². The molecule has 0 aromatic heterocycles. The van der Waals surface area contributed by atoms with Gasteiger partial charge in [0.2, 0.25) is 11.8 Å². The van der Waals surface area contributed by atoms with Crippen molar-refractivity contribution in [3.8, 4) is 0 Å².